The molecule has 4 aromatic rings. The maximum Gasteiger partial charge on any atom is 0.255 e. The molecular formula is C20H17N5OS. The Labute approximate surface area is 160 Å². The van der Waals surface area contributed by atoms with Crippen LogP contribution in [0.4, 0.5) is 0 Å². The Balaban J connectivity index is 1.45. The topological polar surface area (TPSA) is 72.7 Å². The van der Waals surface area contributed by atoms with Crippen LogP contribution in [0.3, 0.4) is 0 Å². The summed E-state index contributed by atoms with van der Waals surface area (Å²) in [6.45, 7) is 2.26. The Kier molecular flexibility index (Phi) is 4.76. The van der Waals surface area contributed by atoms with Crippen LogP contribution in [-0.2, 0) is 6.54 Å². The highest BCUT2D eigenvalue weighted by atomic mass is 32.1. The quantitative estimate of drug-likeness (QED) is 0.578. The lowest BCUT2D eigenvalue weighted by Crippen LogP contribution is -2.23. The predicted octanol–water partition coefficient (Wildman–Crippen LogP) is 3.63. The van der Waals surface area contributed by atoms with Gasteiger partial charge >= 0.3 is 0 Å². The molecule has 0 spiro atoms. The molecule has 0 aliphatic carbocycles. The molecule has 27 heavy (non-hydrogen) atoms. The van der Waals surface area contributed by atoms with E-state index >= 15 is 0 Å². The third-order valence-electron chi connectivity index (χ3n) is 4.16. The summed E-state index contributed by atoms with van der Waals surface area (Å²) in [5.74, 6) is -0.159. The summed E-state index contributed by atoms with van der Waals surface area (Å²) < 4.78 is 1.76. The molecular weight excluding hydrogens is 358 g/mol. The number of nitrogens with zero attached hydrogens (tertiary/aromatic N) is 4. The van der Waals surface area contributed by atoms with Crippen molar-refractivity contribution in [2.45, 2.75) is 13.5 Å². The zero-order valence-electron chi connectivity index (χ0n) is 14.7. The van der Waals surface area contributed by atoms with Gasteiger partial charge in [0.05, 0.1) is 35.4 Å². The van der Waals surface area contributed by atoms with Crippen molar-refractivity contribution in [3.05, 3.63) is 83.4 Å². The summed E-state index contributed by atoms with van der Waals surface area (Å²) in [5.41, 5.74) is 4.13. The first-order chi connectivity index (χ1) is 13.2. The molecule has 3 aromatic heterocycles. The maximum atomic E-state index is 12.6. The monoisotopic (exact) mass is 375 g/mol. The van der Waals surface area contributed by atoms with Crippen molar-refractivity contribution in [2.24, 2.45) is 0 Å². The van der Waals surface area contributed by atoms with Crippen molar-refractivity contribution < 1.29 is 4.79 Å². The minimum atomic E-state index is -0.159. The summed E-state index contributed by atoms with van der Waals surface area (Å²) in [5, 5.41) is 10.1. The zero-order chi connectivity index (χ0) is 18.6. The number of thiazole rings is 1. The fourth-order valence-electron chi connectivity index (χ4n) is 2.74. The van der Waals surface area contributed by atoms with Gasteiger partial charge in [0.25, 0.3) is 5.91 Å². The van der Waals surface area contributed by atoms with Gasteiger partial charge in [-0.05, 0) is 31.2 Å². The standard InChI is InChI=1S/C20H17N5OS/c1-14-18(12-23-25(14)17-5-3-2-4-6-17)19(26)22-11-16-13-27-20(24-16)15-7-9-21-10-8-15/h2-10,12-13H,11H2,1H3,(H,22,26). The molecule has 1 N–H and O–H groups in total. The van der Waals surface area contributed by atoms with Gasteiger partial charge in [-0.1, -0.05) is 18.2 Å². The van der Waals surface area contributed by atoms with E-state index in [0.717, 1.165) is 27.6 Å². The third-order valence-corrected chi connectivity index (χ3v) is 5.10. The lowest BCUT2D eigenvalue weighted by Gasteiger charge is -2.06. The molecule has 0 bridgehead atoms. The molecule has 0 aliphatic rings. The number of pyridine rings is 1. The van der Waals surface area contributed by atoms with E-state index in [2.05, 4.69) is 20.4 Å². The lowest BCUT2D eigenvalue weighted by atomic mass is 10.2. The molecule has 1 amide bonds. The van der Waals surface area contributed by atoms with Crippen molar-refractivity contribution >= 4 is 17.2 Å². The average Bonchev–Trinajstić information content (AvgIpc) is 3.34. The molecule has 0 aliphatic heterocycles. The second kappa shape index (κ2) is 7.51. The Hall–Kier alpha value is -3.32. The molecule has 0 unspecified atom stereocenters. The highest BCUT2D eigenvalue weighted by molar-refractivity contribution is 7.13. The largest absolute Gasteiger partial charge is 0.346 e. The fourth-order valence-corrected chi connectivity index (χ4v) is 3.57. The molecule has 3 heterocycles. The van der Waals surface area contributed by atoms with Crippen LogP contribution in [0.1, 0.15) is 21.7 Å². The second-order valence-electron chi connectivity index (χ2n) is 5.95. The number of aromatic nitrogens is 4. The first-order valence-electron chi connectivity index (χ1n) is 8.45. The van der Waals surface area contributed by atoms with E-state index in [9.17, 15) is 4.79 Å². The first-order valence-corrected chi connectivity index (χ1v) is 9.33. The van der Waals surface area contributed by atoms with E-state index in [1.165, 1.54) is 0 Å². The summed E-state index contributed by atoms with van der Waals surface area (Å²) in [6, 6.07) is 13.6. The first kappa shape index (κ1) is 17.1. The molecule has 0 atom stereocenters. The lowest BCUT2D eigenvalue weighted by molar-refractivity contribution is 0.0950. The minimum Gasteiger partial charge on any atom is -0.346 e. The summed E-state index contributed by atoms with van der Waals surface area (Å²) in [7, 11) is 0. The summed E-state index contributed by atoms with van der Waals surface area (Å²) in [4.78, 5) is 21.2. The van der Waals surface area contributed by atoms with Crippen molar-refractivity contribution in [2.75, 3.05) is 0 Å². The minimum absolute atomic E-state index is 0.159. The molecule has 134 valence electrons. The van der Waals surface area contributed by atoms with Crippen LogP contribution in [0.25, 0.3) is 16.3 Å². The van der Waals surface area contributed by atoms with E-state index < -0.39 is 0 Å². The van der Waals surface area contributed by atoms with Crippen LogP contribution in [0.2, 0.25) is 0 Å². The number of nitrogens with one attached hydrogen (secondary N) is 1. The van der Waals surface area contributed by atoms with Gasteiger partial charge in [0.15, 0.2) is 0 Å². The van der Waals surface area contributed by atoms with Crippen LogP contribution in [0, 0.1) is 6.92 Å². The predicted molar refractivity (Wildman–Crippen MR) is 105 cm³/mol. The second-order valence-corrected chi connectivity index (χ2v) is 6.81. The fraction of sp³-hybridized carbons (Fsp3) is 0.100. The number of hydrogen-bond donors (Lipinski definition) is 1. The SMILES string of the molecule is Cc1c(C(=O)NCc2csc(-c3ccncc3)n2)cnn1-c1ccccc1. The van der Waals surface area contributed by atoms with Crippen LogP contribution in [0.5, 0.6) is 0 Å². The van der Waals surface area contributed by atoms with Gasteiger partial charge in [0.1, 0.15) is 5.01 Å². The van der Waals surface area contributed by atoms with Crippen LogP contribution in [-0.4, -0.2) is 25.7 Å². The van der Waals surface area contributed by atoms with Gasteiger partial charge in [-0.3, -0.25) is 9.78 Å². The van der Waals surface area contributed by atoms with Crippen molar-refractivity contribution in [1.29, 1.82) is 0 Å². The van der Waals surface area contributed by atoms with E-state index in [-0.39, 0.29) is 5.91 Å². The number of hydrogen-bond acceptors (Lipinski definition) is 5. The number of para-hydroxylation sites is 1. The third kappa shape index (κ3) is 3.63. The van der Waals surface area contributed by atoms with Crippen molar-refractivity contribution in [3.63, 3.8) is 0 Å². The van der Waals surface area contributed by atoms with E-state index in [1.54, 1.807) is 34.6 Å². The Morgan fingerprint density at radius 3 is 2.70 bits per heavy atom. The number of benzene rings is 1. The molecule has 6 nitrogen and oxygen atoms in total. The van der Waals surface area contributed by atoms with E-state index in [1.807, 2.05) is 54.8 Å². The number of amides is 1. The highest BCUT2D eigenvalue weighted by Gasteiger charge is 2.15. The highest BCUT2D eigenvalue weighted by Crippen LogP contribution is 2.22. The van der Waals surface area contributed by atoms with Gasteiger partial charge in [0, 0.05) is 23.3 Å². The average molecular weight is 375 g/mol. The van der Waals surface area contributed by atoms with Crippen LogP contribution < -0.4 is 5.32 Å². The molecule has 0 radical (unpaired) electrons. The van der Waals surface area contributed by atoms with E-state index in [0.29, 0.717) is 12.1 Å². The number of carbonyl (C=O) groups excluding carboxylic acids is 1. The molecule has 0 saturated heterocycles. The molecule has 1 aromatic carbocycles. The number of rotatable bonds is 5. The Morgan fingerprint density at radius 2 is 1.93 bits per heavy atom. The van der Waals surface area contributed by atoms with E-state index in [4.69, 9.17) is 0 Å². The van der Waals surface area contributed by atoms with Gasteiger partial charge in [-0.25, -0.2) is 9.67 Å². The zero-order valence-corrected chi connectivity index (χ0v) is 15.5. The molecule has 4 rings (SSSR count). The van der Waals surface area contributed by atoms with Gasteiger partial charge in [-0.15, -0.1) is 11.3 Å². The normalized spacial score (nSPS) is 10.7. The Bertz CT molecular complexity index is 1060. The summed E-state index contributed by atoms with van der Waals surface area (Å²) >= 11 is 1.55. The van der Waals surface area contributed by atoms with Crippen molar-refractivity contribution in [3.8, 4) is 16.3 Å². The van der Waals surface area contributed by atoms with Gasteiger partial charge in [-0.2, -0.15) is 5.10 Å². The van der Waals surface area contributed by atoms with Gasteiger partial charge < -0.3 is 5.32 Å². The van der Waals surface area contributed by atoms with Gasteiger partial charge in [0.2, 0.25) is 0 Å². The van der Waals surface area contributed by atoms with Crippen LogP contribution in [0.15, 0.2) is 66.4 Å². The van der Waals surface area contributed by atoms with Crippen molar-refractivity contribution in [1.82, 2.24) is 25.1 Å². The molecule has 0 saturated carbocycles. The smallest absolute Gasteiger partial charge is 0.255 e. The molecule has 7 heteroatoms. The number of carbonyl (C=O) groups is 1. The molecule has 0 fully saturated rings. The maximum absolute atomic E-state index is 12.6. The van der Waals surface area contributed by atoms with Crippen LogP contribution >= 0.6 is 11.3 Å². The Morgan fingerprint density at radius 1 is 1.15 bits per heavy atom. The summed E-state index contributed by atoms with van der Waals surface area (Å²) in [6.07, 6.45) is 5.08.